The summed E-state index contributed by atoms with van der Waals surface area (Å²) in [6, 6.07) is 13.3. The molecule has 0 fully saturated rings. The molecule has 0 N–H and O–H groups in total. The minimum Gasteiger partial charge on any atom is -0.233 e. The van der Waals surface area contributed by atoms with Crippen molar-refractivity contribution in [3.8, 4) is 5.69 Å². The first-order valence-corrected chi connectivity index (χ1v) is 5.89. The Hall–Kier alpha value is -1.51. The zero-order valence-electron chi connectivity index (χ0n) is 8.77. The van der Waals surface area contributed by atoms with E-state index in [0.717, 1.165) is 16.6 Å². The zero-order chi connectivity index (χ0) is 11.8. The molecule has 2 aromatic carbocycles. The number of hydrogen-bond donors (Lipinski definition) is 0. The van der Waals surface area contributed by atoms with Gasteiger partial charge in [-0.25, -0.2) is 4.68 Å². The number of rotatable bonds is 1. The van der Waals surface area contributed by atoms with Gasteiger partial charge in [-0.1, -0.05) is 23.2 Å². The van der Waals surface area contributed by atoms with Crippen LogP contribution in [-0.4, -0.2) is 9.78 Å². The summed E-state index contributed by atoms with van der Waals surface area (Å²) >= 11 is 11.8. The van der Waals surface area contributed by atoms with Crippen LogP contribution in [-0.2, 0) is 0 Å². The third-order valence-electron chi connectivity index (χ3n) is 2.60. The van der Waals surface area contributed by atoms with Crippen LogP contribution in [0.3, 0.4) is 0 Å². The van der Waals surface area contributed by atoms with Crippen molar-refractivity contribution < 1.29 is 0 Å². The predicted octanol–water partition coefficient (Wildman–Crippen LogP) is 4.33. The second kappa shape index (κ2) is 4.06. The van der Waals surface area contributed by atoms with Gasteiger partial charge in [0, 0.05) is 15.4 Å². The summed E-state index contributed by atoms with van der Waals surface area (Å²) in [6.07, 6.45) is 1.80. The van der Waals surface area contributed by atoms with Gasteiger partial charge in [0.1, 0.15) is 0 Å². The van der Waals surface area contributed by atoms with Gasteiger partial charge in [-0.05, 0) is 42.5 Å². The lowest BCUT2D eigenvalue weighted by Gasteiger charge is -2.03. The Labute approximate surface area is 108 Å². The van der Waals surface area contributed by atoms with E-state index in [4.69, 9.17) is 23.2 Å². The molecule has 0 saturated carbocycles. The summed E-state index contributed by atoms with van der Waals surface area (Å²) in [5.41, 5.74) is 2.00. The van der Waals surface area contributed by atoms with Crippen LogP contribution in [0.2, 0.25) is 10.0 Å². The van der Waals surface area contributed by atoms with Crippen LogP contribution >= 0.6 is 23.2 Å². The van der Waals surface area contributed by atoms with Gasteiger partial charge < -0.3 is 0 Å². The lowest BCUT2D eigenvalue weighted by Crippen LogP contribution is -1.94. The molecule has 3 rings (SSSR count). The highest BCUT2D eigenvalue weighted by Gasteiger charge is 2.04. The van der Waals surface area contributed by atoms with Crippen molar-refractivity contribution in [2.24, 2.45) is 0 Å². The van der Waals surface area contributed by atoms with Gasteiger partial charge in [0.2, 0.25) is 0 Å². The lowest BCUT2D eigenvalue weighted by atomic mass is 10.2. The van der Waals surface area contributed by atoms with Crippen molar-refractivity contribution >= 4 is 34.1 Å². The first-order valence-electron chi connectivity index (χ1n) is 5.13. The van der Waals surface area contributed by atoms with Gasteiger partial charge in [-0.15, -0.1) is 0 Å². The third kappa shape index (κ3) is 1.90. The molecule has 0 bridgehead atoms. The first-order chi connectivity index (χ1) is 8.24. The van der Waals surface area contributed by atoms with E-state index >= 15 is 0 Å². The van der Waals surface area contributed by atoms with Gasteiger partial charge >= 0.3 is 0 Å². The van der Waals surface area contributed by atoms with E-state index in [-0.39, 0.29) is 0 Å². The monoisotopic (exact) mass is 262 g/mol. The lowest BCUT2D eigenvalue weighted by molar-refractivity contribution is 0.911. The highest BCUT2D eigenvalue weighted by atomic mass is 35.5. The van der Waals surface area contributed by atoms with Crippen molar-refractivity contribution in [1.82, 2.24) is 9.78 Å². The Morgan fingerprint density at radius 3 is 2.35 bits per heavy atom. The first kappa shape index (κ1) is 10.6. The van der Waals surface area contributed by atoms with E-state index in [0.29, 0.717) is 10.0 Å². The number of benzene rings is 2. The Kier molecular flexibility index (Phi) is 2.54. The molecule has 17 heavy (non-hydrogen) atoms. The average Bonchev–Trinajstić information content (AvgIpc) is 2.73. The number of halogens is 2. The van der Waals surface area contributed by atoms with Crippen LogP contribution in [0, 0.1) is 0 Å². The molecule has 0 aliphatic carbocycles. The van der Waals surface area contributed by atoms with Crippen LogP contribution in [0.5, 0.6) is 0 Å². The Morgan fingerprint density at radius 1 is 0.882 bits per heavy atom. The van der Waals surface area contributed by atoms with Gasteiger partial charge in [0.25, 0.3) is 0 Å². The highest BCUT2D eigenvalue weighted by Crippen LogP contribution is 2.22. The molecule has 0 saturated heterocycles. The van der Waals surface area contributed by atoms with Crippen LogP contribution in [0.4, 0.5) is 0 Å². The quantitative estimate of drug-likeness (QED) is 0.638. The van der Waals surface area contributed by atoms with Gasteiger partial charge in [-0.2, -0.15) is 5.10 Å². The highest BCUT2D eigenvalue weighted by molar-refractivity contribution is 6.31. The van der Waals surface area contributed by atoms with E-state index in [2.05, 4.69) is 5.10 Å². The molecular weight excluding hydrogens is 255 g/mol. The summed E-state index contributed by atoms with van der Waals surface area (Å²) in [5.74, 6) is 0. The molecule has 3 aromatic rings. The van der Waals surface area contributed by atoms with Gasteiger partial charge in [0.05, 0.1) is 17.4 Å². The predicted molar refractivity (Wildman–Crippen MR) is 71.1 cm³/mol. The zero-order valence-corrected chi connectivity index (χ0v) is 10.3. The fourth-order valence-corrected chi connectivity index (χ4v) is 2.10. The standard InChI is InChI=1S/C13H8Cl2N2/c14-10-1-4-12(5-2-10)17-13-6-3-11(15)7-9(13)8-16-17/h1-8H. The van der Waals surface area contributed by atoms with Gasteiger partial charge in [-0.3, -0.25) is 0 Å². The maximum atomic E-state index is 5.94. The van der Waals surface area contributed by atoms with Crippen molar-refractivity contribution in [2.75, 3.05) is 0 Å². The number of aromatic nitrogens is 2. The molecule has 0 unspecified atom stereocenters. The molecule has 0 atom stereocenters. The SMILES string of the molecule is Clc1ccc(-n2ncc3cc(Cl)ccc32)cc1. The summed E-state index contributed by atoms with van der Waals surface area (Å²) in [6.45, 7) is 0. The van der Waals surface area contributed by atoms with Crippen molar-refractivity contribution in [3.63, 3.8) is 0 Å². The normalized spacial score (nSPS) is 10.9. The number of fused-ring (bicyclic) bond motifs is 1. The van der Waals surface area contributed by atoms with E-state index in [1.54, 1.807) is 6.20 Å². The largest absolute Gasteiger partial charge is 0.233 e. The van der Waals surface area contributed by atoms with E-state index < -0.39 is 0 Å². The molecular formula is C13H8Cl2N2. The molecule has 0 spiro atoms. The number of nitrogens with zero attached hydrogens (tertiary/aromatic N) is 2. The van der Waals surface area contributed by atoms with Crippen LogP contribution in [0.1, 0.15) is 0 Å². The number of hydrogen-bond acceptors (Lipinski definition) is 1. The maximum absolute atomic E-state index is 5.94. The molecule has 0 aliphatic heterocycles. The molecule has 1 aromatic heterocycles. The smallest absolute Gasteiger partial charge is 0.0742 e. The average molecular weight is 263 g/mol. The van der Waals surface area contributed by atoms with Crippen LogP contribution in [0.15, 0.2) is 48.7 Å². The van der Waals surface area contributed by atoms with Crippen LogP contribution < -0.4 is 0 Å². The molecule has 4 heteroatoms. The second-order valence-electron chi connectivity index (χ2n) is 3.74. The summed E-state index contributed by atoms with van der Waals surface area (Å²) in [5, 5.41) is 6.80. The summed E-state index contributed by atoms with van der Waals surface area (Å²) in [7, 11) is 0. The van der Waals surface area contributed by atoms with Gasteiger partial charge in [0.15, 0.2) is 0 Å². The Bertz CT molecular complexity index is 671. The Balaban J connectivity index is 2.21. The summed E-state index contributed by atoms with van der Waals surface area (Å²) in [4.78, 5) is 0. The molecule has 0 amide bonds. The van der Waals surface area contributed by atoms with Crippen LogP contribution in [0.25, 0.3) is 16.6 Å². The second-order valence-corrected chi connectivity index (χ2v) is 4.61. The topological polar surface area (TPSA) is 17.8 Å². The van der Waals surface area contributed by atoms with E-state index in [9.17, 15) is 0 Å². The molecule has 1 heterocycles. The summed E-state index contributed by atoms with van der Waals surface area (Å²) < 4.78 is 1.86. The van der Waals surface area contributed by atoms with E-state index in [1.165, 1.54) is 0 Å². The fraction of sp³-hybridized carbons (Fsp3) is 0. The van der Waals surface area contributed by atoms with Crippen molar-refractivity contribution in [2.45, 2.75) is 0 Å². The Morgan fingerprint density at radius 2 is 1.59 bits per heavy atom. The molecule has 0 radical (unpaired) electrons. The molecule has 0 aliphatic rings. The van der Waals surface area contributed by atoms with E-state index in [1.807, 2.05) is 47.1 Å². The molecule has 84 valence electrons. The van der Waals surface area contributed by atoms with Crippen molar-refractivity contribution in [3.05, 3.63) is 58.7 Å². The minimum absolute atomic E-state index is 0.716. The maximum Gasteiger partial charge on any atom is 0.0742 e. The third-order valence-corrected chi connectivity index (χ3v) is 3.09. The minimum atomic E-state index is 0.716. The van der Waals surface area contributed by atoms with Crippen molar-refractivity contribution in [1.29, 1.82) is 0 Å². The molecule has 2 nitrogen and oxygen atoms in total. The fourth-order valence-electron chi connectivity index (χ4n) is 1.79.